The monoisotopic (exact) mass is 426 g/mol. The lowest BCUT2D eigenvalue weighted by Crippen LogP contribution is -2.30. The van der Waals surface area contributed by atoms with Crippen LogP contribution in [0.1, 0.15) is 48.6 Å². The normalized spacial score (nSPS) is 23.1. The Morgan fingerprint density at radius 3 is 3.16 bits per heavy atom. The Kier molecular flexibility index (Phi) is 4.99. The molecule has 2 aliphatic heterocycles. The molecular weight excluding hydrogens is 396 g/mol. The Labute approximate surface area is 189 Å². The predicted octanol–water partition coefficient (Wildman–Crippen LogP) is 4.89. The lowest BCUT2D eigenvalue weighted by molar-refractivity contribution is 0.176. The van der Waals surface area contributed by atoms with Gasteiger partial charge in [-0.25, -0.2) is 0 Å². The van der Waals surface area contributed by atoms with Crippen molar-refractivity contribution in [2.75, 3.05) is 23.3 Å². The summed E-state index contributed by atoms with van der Waals surface area (Å²) in [5.74, 6) is 0.552. The Morgan fingerprint density at radius 1 is 1.22 bits per heavy atom. The van der Waals surface area contributed by atoms with Crippen LogP contribution in [-0.4, -0.2) is 23.2 Å². The minimum Gasteiger partial charge on any atom is -0.387 e. The highest BCUT2D eigenvalue weighted by atomic mass is 16.3. The van der Waals surface area contributed by atoms with Crippen molar-refractivity contribution in [3.8, 4) is 0 Å². The molecule has 0 spiro atoms. The van der Waals surface area contributed by atoms with Crippen molar-refractivity contribution >= 4 is 17.1 Å². The van der Waals surface area contributed by atoms with Gasteiger partial charge in [-0.3, -0.25) is 4.98 Å². The summed E-state index contributed by atoms with van der Waals surface area (Å²) >= 11 is 0. The van der Waals surface area contributed by atoms with Crippen molar-refractivity contribution in [3.63, 3.8) is 0 Å². The highest BCUT2D eigenvalue weighted by molar-refractivity contribution is 5.69. The fraction of sp³-hybridized carbons (Fsp3) is 0.370. The minimum atomic E-state index is -0.426. The number of fused-ring (bicyclic) bond motifs is 3. The number of anilines is 3. The fourth-order valence-corrected chi connectivity index (χ4v) is 5.65. The molecule has 2 unspecified atom stereocenters. The van der Waals surface area contributed by atoms with Crippen molar-refractivity contribution in [2.45, 2.75) is 44.6 Å². The van der Waals surface area contributed by atoms with Crippen LogP contribution in [0.2, 0.25) is 0 Å². The molecule has 2 atom stereocenters. The summed E-state index contributed by atoms with van der Waals surface area (Å²) in [6, 6.07) is 8.81. The molecule has 0 fully saturated rings. The van der Waals surface area contributed by atoms with Crippen LogP contribution in [0.25, 0.3) is 0 Å². The van der Waals surface area contributed by atoms with Gasteiger partial charge in [0.1, 0.15) is 0 Å². The first-order valence-corrected chi connectivity index (χ1v) is 11.9. The first-order valence-electron chi connectivity index (χ1n) is 11.9. The molecule has 6 rings (SSSR count). The number of aliphatic hydroxyl groups is 1. The predicted molar refractivity (Wildman–Crippen MR) is 129 cm³/mol. The molecule has 0 saturated carbocycles. The molecule has 164 valence electrons. The van der Waals surface area contributed by atoms with E-state index in [1.165, 1.54) is 28.9 Å². The van der Waals surface area contributed by atoms with Gasteiger partial charge >= 0.3 is 0 Å². The molecule has 2 aromatic rings. The van der Waals surface area contributed by atoms with Gasteiger partial charge in [0.2, 0.25) is 0 Å². The van der Waals surface area contributed by atoms with Gasteiger partial charge in [0.25, 0.3) is 0 Å². The van der Waals surface area contributed by atoms with E-state index in [4.69, 9.17) is 0 Å². The van der Waals surface area contributed by atoms with Gasteiger partial charge in [-0.1, -0.05) is 12.2 Å². The summed E-state index contributed by atoms with van der Waals surface area (Å²) in [6.07, 6.45) is 16.4. The number of aliphatic hydroxyl groups excluding tert-OH is 1. The van der Waals surface area contributed by atoms with Crippen LogP contribution in [-0.2, 0) is 12.8 Å². The molecule has 5 nitrogen and oxygen atoms in total. The fourth-order valence-electron chi connectivity index (χ4n) is 5.65. The zero-order valence-electron chi connectivity index (χ0n) is 18.3. The van der Waals surface area contributed by atoms with Gasteiger partial charge in [-0.2, -0.15) is 0 Å². The number of hydrogen-bond acceptors (Lipinski definition) is 5. The van der Waals surface area contributed by atoms with Gasteiger partial charge in [0.05, 0.1) is 11.8 Å². The first kappa shape index (κ1) is 19.6. The summed E-state index contributed by atoms with van der Waals surface area (Å²) in [5, 5.41) is 17.2. The van der Waals surface area contributed by atoms with E-state index in [1.807, 2.05) is 6.07 Å². The van der Waals surface area contributed by atoms with Gasteiger partial charge in [-0.15, -0.1) is 0 Å². The van der Waals surface area contributed by atoms with Crippen LogP contribution < -0.4 is 15.5 Å². The highest BCUT2D eigenvalue weighted by Crippen LogP contribution is 2.37. The Morgan fingerprint density at radius 2 is 2.19 bits per heavy atom. The number of pyridine rings is 1. The molecule has 0 amide bonds. The molecular formula is C27H30N4O. The summed E-state index contributed by atoms with van der Waals surface area (Å²) < 4.78 is 0. The molecule has 0 bridgehead atoms. The number of benzene rings is 1. The van der Waals surface area contributed by atoms with Crippen LogP contribution in [0.15, 0.2) is 66.2 Å². The van der Waals surface area contributed by atoms with E-state index in [9.17, 15) is 5.11 Å². The number of aromatic nitrogens is 1. The van der Waals surface area contributed by atoms with Crippen molar-refractivity contribution in [1.82, 2.24) is 10.3 Å². The van der Waals surface area contributed by atoms with E-state index >= 15 is 0 Å². The smallest absolute Gasteiger partial charge is 0.0966 e. The second-order valence-electron chi connectivity index (χ2n) is 9.29. The van der Waals surface area contributed by atoms with Crippen LogP contribution in [0, 0.1) is 5.92 Å². The third kappa shape index (κ3) is 3.51. The quantitative estimate of drug-likeness (QED) is 0.635. The zero-order chi connectivity index (χ0) is 21.5. The van der Waals surface area contributed by atoms with Gasteiger partial charge in [0, 0.05) is 54.2 Å². The number of aryl methyl sites for hydroxylation is 1. The van der Waals surface area contributed by atoms with E-state index in [0.29, 0.717) is 5.92 Å². The first-order chi connectivity index (χ1) is 15.8. The van der Waals surface area contributed by atoms with E-state index in [1.54, 1.807) is 6.20 Å². The number of hydrogen-bond donors (Lipinski definition) is 3. The summed E-state index contributed by atoms with van der Waals surface area (Å²) in [5.41, 5.74) is 9.86. The second kappa shape index (κ2) is 8.14. The third-order valence-corrected chi connectivity index (χ3v) is 7.35. The number of nitrogens with one attached hydrogen (secondary N) is 2. The largest absolute Gasteiger partial charge is 0.387 e. The molecule has 0 saturated heterocycles. The van der Waals surface area contributed by atoms with E-state index in [0.717, 1.165) is 67.8 Å². The van der Waals surface area contributed by atoms with Crippen molar-refractivity contribution in [1.29, 1.82) is 0 Å². The van der Waals surface area contributed by atoms with Crippen LogP contribution in [0.3, 0.4) is 0 Å². The van der Waals surface area contributed by atoms with E-state index in [-0.39, 0.29) is 0 Å². The minimum absolute atomic E-state index is 0.426. The molecule has 3 heterocycles. The van der Waals surface area contributed by atoms with Gasteiger partial charge in [0.15, 0.2) is 0 Å². The average Bonchev–Trinajstić information content (AvgIpc) is 3.42. The number of rotatable bonds is 5. The van der Waals surface area contributed by atoms with Crippen molar-refractivity contribution in [2.24, 2.45) is 5.92 Å². The lowest BCUT2D eigenvalue weighted by Gasteiger charge is -2.32. The topological polar surface area (TPSA) is 60.4 Å². The standard InChI is InChI=1S/C27H30N4O/c32-26-10-8-22-24(11-13-28-27(22)26)30-20-7-9-25-18(16-20)4-3-14-31(25)15-12-19-17-29-23-6-2-1-5-21(19)23/h1-2,6-7,9,11,13,16-17,21,26,29,32H,3-5,8,10,12,14-15H2,(H,28,30). The SMILES string of the molecule is OC1CCc2c(Nc3ccc4c(c3)CCCN4CCC3=CNC4=CC=CCC34)ccnc21. The molecule has 0 radical (unpaired) electrons. The third-order valence-electron chi connectivity index (χ3n) is 7.35. The summed E-state index contributed by atoms with van der Waals surface area (Å²) in [6.45, 7) is 2.19. The summed E-state index contributed by atoms with van der Waals surface area (Å²) in [7, 11) is 0. The molecule has 4 aliphatic rings. The average molecular weight is 427 g/mol. The van der Waals surface area contributed by atoms with Crippen molar-refractivity contribution < 1.29 is 5.11 Å². The van der Waals surface area contributed by atoms with E-state index < -0.39 is 6.10 Å². The zero-order valence-corrected chi connectivity index (χ0v) is 18.3. The van der Waals surface area contributed by atoms with Gasteiger partial charge < -0.3 is 20.6 Å². The van der Waals surface area contributed by atoms with Crippen LogP contribution >= 0.6 is 0 Å². The molecule has 2 aliphatic carbocycles. The molecule has 1 aromatic heterocycles. The van der Waals surface area contributed by atoms with Crippen LogP contribution in [0.4, 0.5) is 17.1 Å². The maximum atomic E-state index is 10.1. The molecule has 3 N–H and O–H groups in total. The van der Waals surface area contributed by atoms with E-state index in [2.05, 4.69) is 63.1 Å². The molecule has 32 heavy (non-hydrogen) atoms. The van der Waals surface area contributed by atoms with Crippen LogP contribution in [0.5, 0.6) is 0 Å². The Bertz CT molecular complexity index is 1130. The summed E-state index contributed by atoms with van der Waals surface area (Å²) in [4.78, 5) is 6.95. The number of nitrogens with zero attached hydrogens (tertiary/aromatic N) is 2. The highest BCUT2D eigenvalue weighted by Gasteiger charge is 2.26. The number of allylic oxidation sites excluding steroid dienone is 4. The molecule has 1 aromatic carbocycles. The molecule has 5 heteroatoms. The Hall–Kier alpha value is -3.05. The maximum absolute atomic E-state index is 10.1. The maximum Gasteiger partial charge on any atom is 0.0966 e. The Balaban J connectivity index is 1.16. The lowest BCUT2D eigenvalue weighted by atomic mass is 9.90. The van der Waals surface area contributed by atoms with Gasteiger partial charge in [-0.05, 0) is 85.6 Å². The second-order valence-corrected chi connectivity index (χ2v) is 9.29. The van der Waals surface area contributed by atoms with Crippen molar-refractivity contribution in [3.05, 3.63) is 83.0 Å².